The standard InChI is InChI=1S/C52H33N3OS/c1-2-14-33(15-3-1)32-55-51(36-28-29-41-40-20-6-11-27-47(40)57-48(41)31-36)53-50(54-55)35-17-12-16-34(30-35)37-21-13-25-45-49(37)56-46-26-10-9-24-44(46)52(45)42-22-7-4-18-38(42)39-19-5-8-23-43(39)52/h1-31H,32H2. The van der Waals surface area contributed by atoms with Crippen molar-refractivity contribution in [3.05, 3.63) is 216 Å². The Morgan fingerprint density at radius 1 is 0.509 bits per heavy atom. The highest BCUT2D eigenvalue weighted by Crippen LogP contribution is 2.63. The second-order valence-electron chi connectivity index (χ2n) is 14.9. The fourth-order valence-electron chi connectivity index (χ4n) is 9.34. The Bertz CT molecular complexity index is 3170. The van der Waals surface area contributed by atoms with Crippen LogP contribution in [-0.4, -0.2) is 4.98 Å². The SMILES string of the molecule is c1ccc(C[n+]2[n-]c(-c3cccc(-c4cccc5c4Oc4ccccc4C54c5ccccc5-c5ccccc54)c3)nc2-c2ccc3c(c2)sc2ccccc23)cc1. The van der Waals surface area contributed by atoms with E-state index in [0.29, 0.717) is 12.4 Å². The van der Waals surface area contributed by atoms with Crippen molar-refractivity contribution in [2.24, 2.45) is 0 Å². The zero-order valence-electron chi connectivity index (χ0n) is 30.8. The van der Waals surface area contributed by atoms with Crippen molar-refractivity contribution in [1.82, 2.24) is 10.1 Å². The van der Waals surface area contributed by atoms with Gasteiger partial charge in [-0.05, 0) is 69.0 Å². The number of aromatic nitrogens is 3. The maximum absolute atomic E-state index is 7.00. The summed E-state index contributed by atoms with van der Waals surface area (Å²) in [7, 11) is 0. The van der Waals surface area contributed by atoms with Crippen molar-refractivity contribution in [1.29, 1.82) is 0 Å². The van der Waals surface area contributed by atoms with Crippen LogP contribution in [0, 0.1) is 0 Å². The predicted molar refractivity (Wildman–Crippen MR) is 230 cm³/mol. The topological polar surface area (TPSA) is 40.1 Å². The highest BCUT2D eigenvalue weighted by Gasteiger charge is 2.51. The van der Waals surface area contributed by atoms with Gasteiger partial charge in [0.05, 0.1) is 5.41 Å². The average Bonchev–Trinajstić information content (AvgIpc) is 3.95. The van der Waals surface area contributed by atoms with Gasteiger partial charge >= 0.3 is 0 Å². The summed E-state index contributed by atoms with van der Waals surface area (Å²) < 4.78 is 11.6. The molecule has 8 aromatic carbocycles. The van der Waals surface area contributed by atoms with Gasteiger partial charge in [0.15, 0.2) is 0 Å². The molecule has 1 aliphatic carbocycles. The summed E-state index contributed by atoms with van der Waals surface area (Å²) in [6.45, 7) is 0.609. The minimum Gasteiger partial charge on any atom is -0.456 e. The monoisotopic (exact) mass is 747 g/mol. The zero-order valence-corrected chi connectivity index (χ0v) is 31.6. The molecule has 0 amide bonds. The van der Waals surface area contributed by atoms with Gasteiger partial charge in [0.2, 0.25) is 0 Å². The van der Waals surface area contributed by atoms with E-state index >= 15 is 0 Å². The normalized spacial score (nSPS) is 13.3. The van der Waals surface area contributed by atoms with Gasteiger partial charge in [-0.25, -0.2) is 0 Å². The van der Waals surface area contributed by atoms with Crippen molar-refractivity contribution in [2.75, 3.05) is 0 Å². The Labute approximate surface area is 333 Å². The van der Waals surface area contributed by atoms with E-state index in [1.165, 1.54) is 48.0 Å². The van der Waals surface area contributed by atoms with Crippen molar-refractivity contribution >= 4 is 31.5 Å². The van der Waals surface area contributed by atoms with Gasteiger partial charge < -0.3 is 9.72 Å². The van der Waals surface area contributed by atoms with Gasteiger partial charge in [-0.15, -0.1) is 11.3 Å². The molecule has 2 aliphatic rings. The summed E-state index contributed by atoms with van der Waals surface area (Å²) >= 11 is 1.82. The maximum Gasteiger partial charge on any atom is 0.140 e. The number of benzene rings is 8. The molecule has 5 heteroatoms. The van der Waals surface area contributed by atoms with E-state index in [-0.39, 0.29) is 0 Å². The lowest BCUT2D eigenvalue weighted by atomic mass is 9.65. The van der Waals surface area contributed by atoms with Gasteiger partial charge in [0.1, 0.15) is 23.9 Å². The number of ether oxygens (including phenoxy) is 1. The van der Waals surface area contributed by atoms with Crippen molar-refractivity contribution < 1.29 is 9.42 Å². The van der Waals surface area contributed by atoms with Gasteiger partial charge in [0, 0.05) is 42.4 Å². The first kappa shape index (κ1) is 32.2. The third-order valence-corrected chi connectivity index (χ3v) is 12.9. The lowest BCUT2D eigenvalue weighted by Crippen LogP contribution is -2.40. The fraction of sp³-hybridized carbons (Fsp3) is 0.0385. The van der Waals surface area contributed by atoms with Gasteiger partial charge in [-0.1, -0.05) is 164 Å². The Kier molecular flexibility index (Phi) is 7.04. The molecule has 0 saturated heterocycles. The number of rotatable bonds is 5. The fourth-order valence-corrected chi connectivity index (χ4v) is 10.5. The van der Waals surface area contributed by atoms with Crippen molar-refractivity contribution in [3.8, 4) is 56.5 Å². The molecule has 10 aromatic rings. The molecule has 268 valence electrons. The highest BCUT2D eigenvalue weighted by molar-refractivity contribution is 7.25. The molecule has 0 saturated carbocycles. The van der Waals surface area contributed by atoms with E-state index in [4.69, 9.17) is 14.8 Å². The van der Waals surface area contributed by atoms with Crippen LogP contribution in [0.4, 0.5) is 0 Å². The summed E-state index contributed by atoms with van der Waals surface area (Å²) in [5.41, 5.74) is 12.1. The molecular weight excluding hydrogens is 715 g/mol. The molecule has 0 N–H and O–H groups in total. The van der Waals surface area contributed by atoms with Gasteiger partial charge in [0.25, 0.3) is 0 Å². The molecule has 0 atom stereocenters. The van der Waals surface area contributed by atoms with Crippen LogP contribution in [0.15, 0.2) is 188 Å². The summed E-state index contributed by atoms with van der Waals surface area (Å²) in [6.07, 6.45) is 0. The largest absolute Gasteiger partial charge is 0.456 e. The summed E-state index contributed by atoms with van der Waals surface area (Å²) in [4.78, 5) is 5.29. The number of thiophene rings is 1. The van der Waals surface area contributed by atoms with E-state index in [0.717, 1.165) is 50.7 Å². The molecule has 0 unspecified atom stereocenters. The molecule has 1 aliphatic heterocycles. The average molecular weight is 748 g/mol. The van der Waals surface area contributed by atoms with Crippen LogP contribution < -0.4 is 14.5 Å². The molecule has 57 heavy (non-hydrogen) atoms. The van der Waals surface area contributed by atoms with Crippen LogP contribution >= 0.6 is 11.3 Å². The smallest absolute Gasteiger partial charge is 0.140 e. The van der Waals surface area contributed by atoms with E-state index in [1.54, 1.807) is 0 Å². The zero-order chi connectivity index (χ0) is 37.5. The Morgan fingerprint density at radius 2 is 1.16 bits per heavy atom. The van der Waals surface area contributed by atoms with E-state index < -0.39 is 5.41 Å². The summed E-state index contributed by atoms with van der Waals surface area (Å²) in [6, 6.07) is 67.3. The second kappa shape index (κ2) is 12.5. The Hall–Kier alpha value is -7.08. The van der Waals surface area contributed by atoms with Crippen LogP contribution in [-0.2, 0) is 12.0 Å². The number of nitrogens with zero attached hydrogens (tertiary/aromatic N) is 3. The predicted octanol–water partition coefficient (Wildman–Crippen LogP) is 12.2. The molecule has 0 radical (unpaired) electrons. The Balaban J connectivity index is 1.01. The molecule has 4 nitrogen and oxygen atoms in total. The molecule has 3 heterocycles. The van der Waals surface area contributed by atoms with Crippen molar-refractivity contribution in [2.45, 2.75) is 12.0 Å². The minimum absolute atomic E-state index is 0.521. The van der Waals surface area contributed by atoms with Gasteiger partial charge in [-0.2, -0.15) is 0 Å². The van der Waals surface area contributed by atoms with Crippen molar-refractivity contribution in [3.63, 3.8) is 0 Å². The van der Waals surface area contributed by atoms with E-state index in [2.05, 4.69) is 193 Å². The van der Waals surface area contributed by atoms with Crippen LogP contribution in [0.25, 0.3) is 65.2 Å². The van der Waals surface area contributed by atoms with Gasteiger partial charge in [-0.3, -0.25) is 9.78 Å². The lowest BCUT2D eigenvalue weighted by Gasteiger charge is -2.40. The van der Waals surface area contributed by atoms with Crippen LogP contribution in [0.2, 0.25) is 0 Å². The highest BCUT2D eigenvalue weighted by atomic mass is 32.1. The van der Waals surface area contributed by atoms with Crippen LogP contribution in [0.3, 0.4) is 0 Å². The number of fused-ring (bicyclic) bond motifs is 12. The first-order valence-electron chi connectivity index (χ1n) is 19.4. The molecular formula is C52H33N3OS. The van der Waals surface area contributed by atoms with E-state index in [1.807, 2.05) is 11.3 Å². The first-order chi connectivity index (χ1) is 28.2. The molecule has 2 aromatic heterocycles. The minimum atomic E-state index is -0.521. The maximum atomic E-state index is 7.00. The molecule has 0 fully saturated rings. The Morgan fingerprint density at radius 3 is 2.00 bits per heavy atom. The number of hydrogen-bond donors (Lipinski definition) is 0. The third-order valence-electron chi connectivity index (χ3n) is 11.8. The van der Waals surface area contributed by atoms with E-state index in [9.17, 15) is 0 Å². The second-order valence-corrected chi connectivity index (χ2v) is 16.0. The van der Waals surface area contributed by atoms with Crippen LogP contribution in [0.1, 0.15) is 27.8 Å². The quantitative estimate of drug-likeness (QED) is 0.165. The number of hydrogen-bond acceptors (Lipinski definition) is 3. The summed E-state index contributed by atoms with van der Waals surface area (Å²) in [5, 5.41) is 7.77. The lowest BCUT2D eigenvalue weighted by molar-refractivity contribution is -0.737. The molecule has 1 spiro atoms. The first-order valence-corrected chi connectivity index (χ1v) is 20.2. The van der Waals surface area contributed by atoms with Crippen LogP contribution in [0.5, 0.6) is 11.5 Å². The molecule has 12 rings (SSSR count). The summed E-state index contributed by atoms with van der Waals surface area (Å²) in [5.74, 6) is 3.28. The third kappa shape index (κ3) is 4.79. The molecule has 0 bridgehead atoms. The number of para-hydroxylation sites is 2.